The van der Waals surface area contributed by atoms with Crippen LogP contribution in [0.25, 0.3) is 0 Å². The minimum Gasteiger partial charge on any atom is -0.480 e. The molecule has 1 aliphatic heterocycles. The Hall–Kier alpha value is -2.37. The molecule has 1 fully saturated rings. The lowest BCUT2D eigenvalue weighted by Crippen LogP contribution is -2.43. The second-order valence-electron chi connectivity index (χ2n) is 6.58. The van der Waals surface area contributed by atoms with Gasteiger partial charge in [0.25, 0.3) is 0 Å². The lowest BCUT2D eigenvalue weighted by atomic mass is 10.00. The Bertz CT molecular complexity index is 617. The van der Waals surface area contributed by atoms with Crippen molar-refractivity contribution < 1.29 is 19.5 Å². The Morgan fingerprint density at radius 1 is 1.20 bits per heavy atom. The van der Waals surface area contributed by atoms with E-state index in [2.05, 4.69) is 0 Å². The van der Waals surface area contributed by atoms with Gasteiger partial charge in [0.05, 0.1) is 5.92 Å². The van der Waals surface area contributed by atoms with E-state index in [1.807, 2.05) is 42.2 Å². The van der Waals surface area contributed by atoms with Crippen molar-refractivity contribution in [3.05, 3.63) is 35.9 Å². The Kier molecular flexibility index (Phi) is 6.56. The molecular formula is C19H26N2O4. The Morgan fingerprint density at radius 3 is 2.48 bits per heavy atom. The van der Waals surface area contributed by atoms with Crippen molar-refractivity contribution in [2.45, 2.75) is 45.1 Å². The van der Waals surface area contributed by atoms with Gasteiger partial charge >= 0.3 is 5.97 Å². The molecule has 0 radical (unpaired) electrons. The number of rotatable bonds is 5. The highest BCUT2D eigenvalue weighted by atomic mass is 16.4. The normalized spacial score (nSPS) is 19.0. The zero-order chi connectivity index (χ0) is 18.4. The van der Waals surface area contributed by atoms with Gasteiger partial charge in [0.2, 0.25) is 11.8 Å². The summed E-state index contributed by atoms with van der Waals surface area (Å²) in [5, 5.41) is 9.01. The minimum absolute atomic E-state index is 0.0828. The van der Waals surface area contributed by atoms with Crippen molar-refractivity contribution in [1.82, 2.24) is 9.80 Å². The Labute approximate surface area is 148 Å². The van der Waals surface area contributed by atoms with Crippen LogP contribution in [0, 0.1) is 0 Å². The van der Waals surface area contributed by atoms with Gasteiger partial charge in [-0.05, 0) is 31.7 Å². The van der Waals surface area contributed by atoms with Crippen LogP contribution in [0.1, 0.15) is 44.6 Å². The average Bonchev–Trinajstić information content (AvgIpc) is 2.84. The van der Waals surface area contributed by atoms with E-state index in [0.29, 0.717) is 19.5 Å². The highest BCUT2D eigenvalue weighted by Gasteiger charge is 2.29. The SMILES string of the molecule is CC(=O)N(CC(=O)O)C1CCCN(C(=O)[C@H](C)c2ccccc2)CC1. The van der Waals surface area contributed by atoms with Crippen molar-refractivity contribution in [2.24, 2.45) is 0 Å². The number of likely N-dealkylation sites (tertiary alicyclic amines) is 1. The molecule has 6 nitrogen and oxygen atoms in total. The van der Waals surface area contributed by atoms with Gasteiger partial charge in [-0.3, -0.25) is 14.4 Å². The number of carbonyl (C=O) groups is 3. The average molecular weight is 346 g/mol. The van der Waals surface area contributed by atoms with Crippen LogP contribution < -0.4 is 0 Å². The topological polar surface area (TPSA) is 77.9 Å². The summed E-state index contributed by atoms with van der Waals surface area (Å²) in [6, 6.07) is 9.55. The second kappa shape index (κ2) is 8.65. The number of carbonyl (C=O) groups excluding carboxylic acids is 2. The van der Waals surface area contributed by atoms with Crippen LogP contribution in [0.4, 0.5) is 0 Å². The standard InChI is InChI=1S/C19H26N2O4/c1-14(16-7-4-3-5-8-16)19(25)20-11-6-9-17(10-12-20)21(15(2)22)13-18(23)24/h3-5,7-8,14,17H,6,9-13H2,1-2H3,(H,23,24)/t14-,17?/m1/s1. The summed E-state index contributed by atoms with van der Waals surface area (Å²) in [6.45, 7) is 4.21. The van der Waals surface area contributed by atoms with Crippen molar-refractivity contribution >= 4 is 17.8 Å². The number of carboxylic acids is 1. The predicted octanol–water partition coefficient (Wildman–Crippen LogP) is 2.10. The van der Waals surface area contributed by atoms with Crippen LogP contribution in [-0.2, 0) is 14.4 Å². The van der Waals surface area contributed by atoms with Gasteiger partial charge in [-0.2, -0.15) is 0 Å². The maximum atomic E-state index is 12.8. The number of nitrogens with zero attached hydrogens (tertiary/aromatic N) is 2. The third kappa shape index (κ3) is 5.05. The largest absolute Gasteiger partial charge is 0.480 e. The molecule has 1 saturated heterocycles. The van der Waals surface area contributed by atoms with Crippen molar-refractivity contribution in [3.63, 3.8) is 0 Å². The molecule has 6 heteroatoms. The number of carboxylic acid groups (broad SMARTS) is 1. The Morgan fingerprint density at radius 2 is 1.88 bits per heavy atom. The minimum atomic E-state index is -1.01. The van der Waals surface area contributed by atoms with Crippen LogP contribution in [0.2, 0.25) is 0 Å². The first kappa shape index (κ1) is 19.0. The molecule has 1 aliphatic rings. The summed E-state index contributed by atoms with van der Waals surface area (Å²) in [6.07, 6.45) is 2.10. The molecule has 1 unspecified atom stereocenters. The molecule has 0 aromatic heterocycles. The van der Waals surface area contributed by atoms with Crippen molar-refractivity contribution in [3.8, 4) is 0 Å². The van der Waals surface area contributed by atoms with Crippen LogP contribution in [-0.4, -0.2) is 58.4 Å². The fraction of sp³-hybridized carbons (Fsp3) is 0.526. The molecule has 0 spiro atoms. The number of hydrogen-bond acceptors (Lipinski definition) is 3. The fourth-order valence-electron chi connectivity index (χ4n) is 3.41. The summed E-state index contributed by atoms with van der Waals surface area (Å²) < 4.78 is 0. The lowest BCUT2D eigenvalue weighted by molar-refractivity contribution is -0.145. The number of amides is 2. The zero-order valence-corrected chi connectivity index (χ0v) is 14.9. The van der Waals surface area contributed by atoms with Gasteiger partial charge in [-0.25, -0.2) is 0 Å². The van der Waals surface area contributed by atoms with Crippen molar-refractivity contribution in [2.75, 3.05) is 19.6 Å². The van der Waals surface area contributed by atoms with E-state index in [-0.39, 0.29) is 30.3 Å². The highest BCUT2D eigenvalue weighted by molar-refractivity contribution is 5.83. The first-order valence-electron chi connectivity index (χ1n) is 8.73. The van der Waals surface area contributed by atoms with E-state index in [1.54, 1.807) is 0 Å². The van der Waals surface area contributed by atoms with Gasteiger partial charge < -0.3 is 14.9 Å². The molecular weight excluding hydrogens is 320 g/mol. The highest BCUT2D eigenvalue weighted by Crippen LogP contribution is 2.22. The number of hydrogen-bond donors (Lipinski definition) is 1. The molecule has 0 saturated carbocycles. The molecule has 1 N–H and O–H groups in total. The van der Waals surface area contributed by atoms with Crippen LogP contribution in [0.5, 0.6) is 0 Å². The van der Waals surface area contributed by atoms with Gasteiger partial charge in [0, 0.05) is 26.1 Å². The first-order chi connectivity index (χ1) is 11.9. The molecule has 1 aromatic carbocycles. The third-order valence-corrected chi connectivity index (χ3v) is 4.83. The monoisotopic (exact) mass is 346 g/mol. The maximum absolute atomic E-state index is 12.8. The number of aliphatic carboxylic acids is 1. The summed E-state index contributed by atoms with van der Waals surface area (Å²) in [4.78, 5) is 38.8. The number of benzene rings is 1. The summed E-state index contributed by atoms with van der Waals surface area (Å²) in [5.74, 6) is -1.37. The molecule has 1 aromatic rings. The molecule has 0 aliphatic carbocycles. The van der Waals surface area contributed by atoms with Gasteiger partial charge in [-0.15, -0.1) is 0 Å². The molecule has 2 amide bonds. The lowest BCUT2D eigenvalue weighted by Gasteiger charge is -2.29. The van der Waals surface area contributed by atoms with Gasteiger partial charge in [0.1, 0.15) is 6.54 Å². The molecule has 25 heavy (non-hydrogen) atoms. The van der Waals surface area contributed by atoms with E-state index in [0.717, 1.165) is 18.4 Å². The third-order valence-electron chi connectivity index (χ3n) is 4.83. The molecule has 2 atom stereocenters. The van der Waals surface area contributed by atoms with E-state index in [9.17, 15) is 14.4 Å². The first-order valence-corrected chi connectivity index (χ1v) is 8.73. The van der Waals surface area contributed by atoms with Crippen molar-refractivity contribution in [1.29, 1.82) is 0 Å². The van der Waals surface area contributed by atoms with E-state index in [4.69, 9.17) is 5.11 Å². The molecule has 136 valence electrons. The quantitative estimate of drug-likeness (QED) is 0.886. The molecule has 2 rings (SSSR count). The zero-order valence-electron chi connectivity index (χ0n) is 14.9. The van der Waals surface area contributed by atoms with E-state index in [1.165, 1.54) is 11.8 Å². The van der Waals surface area contributed by atoms with Gasteiger partial charge in [0.15, 0.2) is 0 Å². The second-order valence-corrected chi connectivity index (χ2v) is 6.58. The summed E-state index contributed by atoms with van der Waals surface area (Å²) >= 11 is 0. The van der Waals surface area contributed by atoms with E-state index < -0.39 is 5.97 Å². The predicted molar refractivity (Wildman–Crippen MR) is 94.1 cm³/mol. The molecule has 1 heterocycles. The smallest absolute Gasteiger partial charge is 0.323 e. The Balaban J connectivity index is 2.01. The van der Waals surface area contributed by atoms with Gasteiger partial charge in [-0.1, -0.05) is 30.3 Å². The van der Waals surface area contributed by atoms with Crippen LogP contribution >= 0.6 is 0 Å². The molecule has 0 bridgehead atoms. The van der Waals surface area contributed by atoms with E-state index >= 15 is 0 Å². The summed E-state index contributed by atoms with van der Waals surface area (Å²) in [7, 11) is 0. The maximum Gasteiger partial charge on any atom is 0.323 e. The fourth-order valence-corrected chi connectivity index (χ4v) is 3.41. The van der Waals surface area contributed by atoms with Crippen LogP contribution in [0.3, 0.4) is 0 Å². The van der Waals surface area contributed by atoms with Crippen LogP contribution in [0.15, 0.2) is 30.3 Å². The summed E-state index contributed by atoms with van der Waals surface area (Å²) in [5.41, 5.74) is 0.990.